The van der Waals surface area contributed by atoms with Gasteiger partial charge in [-0.25, -0.2) is 4.79 Å². The van der Waals surface area contributed by atoms with Gasteiger partial charge in [0.1, 0.15) is 5.75 Å². The molecule has 0 unspecified atom stereocenters. The van der Waals surface area contributed by atoms with Crippen LogP contribution < -0.4 is 15.4 Å². The minimum atomic E-state index is -0.131. The highest BCUT2D eigenvalue weighted by molar-refractivity contribution is 5.89. The molecule has 38 heavy (non-hydrogen) atoms. The van der Waals surface area contributed by atoms with E-state index in [9.17, 15) is 4.79 Å². The maximum atomic E-state index is 13.5. The van der Waals surface area contributed by atoms with Crippen molar-refractivity contribution in [1.29, 1.82) is 0 Å². The number of hydrogen-bond donors (Lipinski definition) is 2. The van der Waals surface area contributed by atoms with E-state index in [-0.39, 0.29) is 11.9 Å². The molecule has 3 aromatic carbocycles. The Morgan fingerprint density at radius 2 is 1.50 bits per heavy atom. The van der Waals surface area contributed by atoms with Gasteiger partial charge in [-0.3, -0.25) is 0 Å². The second-order valence-electron chi connectivity index (χ2n) is 9.69. The SMILES string of the molecule is C=C(CN(C)CCCNC)CN(CCC(c1ccccc1)c1ccccc1)C(=O)Nc1ccc(OC)cc1. The maximum absolute atomic E-state index is 13.5. The summed E-state index contributed by atoms with van der Waals surface area (Å²) in [6.07, 6.45) is 1.87. The molecule has 3 aromatic rings. The molecule has 6 nitrogen and oxygen atoms in total. The maximum Gasteiger partial charge on any atom is 0.322 e. The Hall–Kier alpha value is -3.61. The van der Waals surface area contributed by atoms with E-state index in [1.165, 1.54) is 11.1 Å². The Kier molecular flexibility index (Phi) is 11.9. The molecule has 0 radical (unpaired) electrons. The van der Waals surface area contributed by atoms with E-state index in [4.69, 9.17) is 4.74 Å². The highest BCUT2D eigenvalue weighted by atomic mass is 16.5. The molecule has 0 saturated carbocycles. The zero-order valence-corrected chi connectivity index (χ0v) is 23.0. The Bertz CT molecular complexity index is 1060. The van der Waals surface area contributed by atoms with Crippen LogP contribution in [0.4, 0.5) is 10.5 Å². The molecule has 0 heterocycles. The summed E-state index contributed by atoms with van der Waals surface area (Å²) in [7, 11) is 5.70. The molecule has 0 aromatic heterocycles. The van der Waals surface area contributed by atoms with Gasteiger partial charge in [0.15, 0.2) is 0 Å². The standard InChI is InChI=1S/C32H42N4O2/c1-26(24-35(3)22-11-21-33-2)25-36(32(37)34-29-16-18-30(38-4)19-17-29)23-20-31(27-12-7-5-8-13-27)28-14-9-6-10-15-28/h5-10,12-19,31,33H,1,11,20-25H2,2-4H3,(H,34,37). The van der Waals surface area contributed by atoms with Crippen molar-refractivity contribution in [2.24, 2.45) is 0 Å². The first-order valence-corrected chi connectivity index (χ1v) is 13.3. The Balaban J connectivity index is 1.74. The molecule has 2 amide bonds. The zero-order chi connectivity index (χ0) is 27.2. The van der Waals surface area contributed by atoms with Crippen molar-refractivity contribution in [2.45, 2.75) is 18.8 Å². The number of methoxy groups -OCH3 is 1. The van der Waals surface area contributed by atoms with Crippen LogP contribution in [0.2, 0.25) is 0 Å². The van der Waals surface area contributed by atoms with Crippen LogP contribution in [0.5, 0.6) is 5.75 Å². The van der Waals surface area contributed by atoms with E-state index in [1.54, 1.807) is 7.11 Å². The summed E-state index contributed by atoms with van der Waals surface area (Å²) in [4.78, 5) is 17.6. The highest BCUT2D eigenvalue weighted by Crippen LogP contribution is 2.28. The molecule has 6 heteroatoms. The van der Waals surface area contributed by atoms with Crippen LogP contribution >= 0.6 is 0 Å². The number of urea groups is 1. The quantitative estimate of drug-likeness (QED) is 0.197. The number of carbonyl (C=O) groups excluding carboxylic acids is 1. The second-order valence-corrected chi connectivity index (χ2v) is 9.69. The van der Waals surface area contributed by atoms with E-state index in [0.717, 1.165) is 49.5 Å². The van der Waals surface area contributed by atoms with E-state index in [1.807, 2.05) is 48.3 Å². The Morgan fingerprint density at radius 1 is 0.895 bits per heavy atom. The number of hydrogen-bond acceptors (Lipinski definition) is 4. The molecule has 0 spiro atoms. The lowest BCUT2D eigenvalue weighted by Crippen LogP contribution is -2.39. The Morgan fingerprint density at radius 3 is 2.05 bits per heavy atom. The van der Waals surface area contributed by atoms with E-state index in [2.05, 4.69) is 77.7 Å². The number of anilines is 1. The molecule has 3 rings (SSSR count). The fourth-order valence-electron chi connectivity index (χ4n) is 4.62. The molecular formula is C32H42N4O2. The first-order valence-electron chi connectivity index (χ1n) is 13.3. The third-order valence-corrected chi connectivity index (χ3v) is 6.59. The van der Waals surface area contributed by atoms with Crippen LogP contribution in [0.1, 0.15) is 29.9 Å². The van der Waals surface area contributed by atoms with Gasteiger partial charge in [0.05, 0.1) is 7.11 Å². The van der Waals surface area contributed by atoms with Gasteiger partial charge in [0.2, 0.25) is 0 Å². The number of rotatable bonds is 15. The van der Waals surface area contributed by atoms with Crippen molar-refractivity contribution in [3.63, 3.8) is 0 Å². The summed E-state index contributed by atoms with van der Waals surface area (Å²) in [6, 6.07) is 28.3. The first kappa shape index (κ1) is 29.0. The third kappa shape index (κ3) is 9.36. The van der Waals surface area contributed by atoms with Crippen LogP contribution in [-0.4, -0.2) is 69.8 Å². The number of amides is 2. The number of nitrogens with zero attached hydrogens (tertiary/aromatic N) is 2. The van der Waals surface area contributed by atoms with E-state index < -0.39 is 0 Å². The fourth-order valence-corrected chi connectivity index (χ4v) is 4.62. The fraction of sp³-hybridized carbons (Fsp3) is 0.344. The lowest BCUT2D eigenvalue weighted by molar-refractivity contribution is 0.213. The molecule has 0 saturated heterocycles. The van der Waals surface area contributed by atoms with Crippen molar-refractivity contribution in [3.8, 4) is 5.75 Å². The normalized spacial score (nSPS) is 11.0. The number of carbonyl (C=O) groups is 1. The summed E-state index contributed by atoms with van der Waals surface area (Å²) in [6.45, 7) is 8.11. The minimum Gasteiger partial charge on any atom is -0.497 e. The average Bonchev–Trinajstić information content (AvgIpc) is 2.94. The predicted octanol–water partition coefficient (Wildman–Crippen LogP) is 5.85. The van der Waals surface area contributed by atoms with Crippen molar-refractivity contribution in [2.75, 3.05) is 59.2 Å². The number of ether oxygens (including phenoxy) is 1. The van der Waals surface area contributed by atoms with Gasteiger partial charge < -0.3 is 25.2 Å². The van der Waals surface area contributed by atoms with Gasteiger partial charge in [-0.2, -0.15) is 0 Å². The van der Waals surface area contributed by atoms with Gasteiger partial charge in [-0.15, -0.1) is 0 Å². The van der Waals surface area contributed by atoms with Crippen LogP contribution in [0.15, 0.2) is 97.1 Å². The van der Waals surface area contributed by atoms with Crippen LogP contribution in [0.25, 0.3) is 0 Å². The molecule has 0 atom stereocenters. The van der Waals surface area contributed by atoms with Crippen molar-refractivity contribution >= 4 is 11.7 Å². The highest BCUT2D eigenvalue weighted by Gasteiger charge is 2.20. The molecule has 0 aliphatic rings. The minimum absolute atomic E-state index is 0.131. The zero-order valence-electron chi connectivity index (χ0n) is 23.0. The van der Waals surface area contributed by atoms with Gasteiger partial charge >= 0.3 is 6.03 Å². The van der Waals surface area contributed by atoms with Crippen LogP contribution in [0.3, 0.4) is 0 Å². The summed E-state index contributed by atoms with van der Waals surface area (Å²) < 4.78 is 5.25. The molecule has 2 N–H and O–H groups in total. The molecule has 0 bridgehead atoms. The van der Waals surface area contributed by atoms with Crippen molar-refractivity contribution in [3.05, 3.63) is 108 Å². The van der Waals surface area contributed by atoms with Crippen LogP contribution in [0, 0.1) is 0 Å². The van der Waals surface area contributed by atoms with E-state index in [0.29, 0.717) is 13.1 Å². The van der Waals surface area contributed by atoms with Gasteiger partial charge in [-0.1, -0.05) is 67.2 Å². The molecule has 202 valence electrons. The average molecular weight is 515 g/mol. The molecule has 0 aliphatic carbocycles. The van der Waals surface area contributed by atoms with Gasteiger partial charge in [-0.05, 0) is 81.0 Å². The topological polar surface area (TPSA) is 56.8 Å². The second kappa shape index (κ2) is 15.6. The summed E-state index contributed by atoms with van der Waals surface area (Å²) in [5, 5.41) is 6.26. The van der Waals surface area contributed by atoms with Crippen molar-refractivity contribution in [1.82, 2.24) is 15.1 Å². The molecule has 0 fully saturated rings. The Labute approximate surface area is 228 Å². The van der Waals surface area contributed by atoms with E-state index >= 15 is 0 Å². The number of likely N-dealkylation sites (N-methyl/N-ethyl adjacent to an activating group) is 1. The summed E-state index contributed by atoms with van der Waals surface area (Å²) in [5.41, 5.74) is 4.24. The predicted molar refractivity (Wildman–Crippen MR) is 158 cm³/mol. The van der Waals surface area contributed by atoms with Gasteiger partial charge in [0, 0.05) is 31.2 Å². The molecular weight excluding hydrogens is 472 g/mol. The number of nitrogens with one attached hydrogen (secondary N) is 2. The largest absolute Gasteiger partial charge is 0.497 e. The lowest BCUT2D eigenvalue weighted by atomic mass is 9.88. The van der Waals surface area contributed by atoms with Gasteiger partial charge in [0.25, 0.3) is 0 Å². The number of benzene rings is 3. The van der Waals surface area contributed by atoms with Crippen molar-refractivity contribution < 1.29 is 9.53 Å². The molecule has 0 aliphatic heterocycles. The summed E-state index contributed by atoms with van der Waals surface area (Å²) >= 11 is 0. The first-order chi connectivity index (χ1) is 18.5. The third-order valence-electron chi connectivity index (χ3n) is 6.59. The lowest BCUT2D eigenvalue weighted by Gasteiger charge is -2.28. The smallest absolute Gasteiger partial charge is 0.322 e. The summed E-state index contributed by atoms with van der Waals surface area (Å²) in [5.74, 6) is 0.939. The monoisotopic (exact) mass is 514 g/mol. The van der Waals surface area contributed by atoms with Crippen LogP contribution in [-0.2, 0) is 0 Å².